The molecule has 1 aromatic heterocycles. The van der Waals surface area contributed by atoms with Crippen molar-refractivity contribution in [3.05, 3.63) is 26.6 Å². The molecule has 0 saturated heterocycles. The second kappa shape index (κ2) is 4.38. The van der Waals surface area contributed by atoms with Gasteiger partial charge in [-0.05, 0) is 58.0 Å². The van der Waals surface area contributed by atoms with Crippen LogP contribution in [0.4, 0.5) is 0 Å². The average Bonchev–Trinajstić information content (AvgIpc) is 2.54. The Morgan fingerprint density at radius 3 is 2.86 bits per heavy atom. The fraction of sp³-hybridized carbons (Fsp3) is 0.200. The first-order chi connectivity index (χ1) is 6.74. The van der Waals surface area contributed by atoms with E-state index in [1.54, 1.807) is 23.1 Å². The van der Waals surface area contributed by atoms with Crippen molar-refractivity contribution in [1.29, 1.82) is 0 Å². The predicted molar refractivity (Wildman–Crippen MR) is 72.2 cm³/mol. The van der Waals surface area contributed by atoms with Gasteiger partial charge in [-0.25, -0.2) is 0 Å². The molecule has 0 unspecified atom stereocenters. The summed E-state index contributed by atoms with van der Waals surface area (Å²) in [4.78, 5) is 1.18. The van der Waals surface area contributed by atoms with Crippen molar-refractivity contribution in [2.24, 2.45) is 0 Å². The lowest BCUT2D eigenvalue weighted by Gasteiger charge is -2.03. The second-order valence-corrected chi connectivity index (χ2v) is 6.74. The summed E-state index contributed by atoms with van der Waals surface area (Å²) in [5, 5.41) is 10.4. The maximum Gasteiger partial charge on any atom is 0.0692 e. The summed E-state index contributed by atoms with van der Waals surface area (Å²) in [7, 11) is 0. The summed E-state index contributed by atoms with van der Waals surface area (Å²) in [5.41, 5.74) is 1.03. The predicted octanol–water partition coefficient (Wildman–Crippen LogP) is 3.72. The molecule has 14 heavy (non-hydrogen) atoms. The van der Waals surface area contributed by atoms with Crippen LogP contribution in [0, 0.1) is 2.88 Å². The summed E-state index contributed by atoms with van der Waals surface area (Å²) in [6.07, 6.45) is 2.04. The molecule has 1 N–H and O–H groups in total. The molecule has 2 aromatic rings. The normalized spacial score (nSPS) is 11.1. The zero-order chi connectivity index (χ0) is 10.1. The highest BCUT2D eigenvalue weighted by Gasteiger charge is 2.05. The first-order valence-electron chi connectivity index (χ1n) is 4.11. The minimum absolute atomic E-state index is 0.124. The molecule has 1 heterocycles. The number of fused-ring (bicyclic) bond motifs is 1. The summed E-state index contributed by atoms with van der Waals surface area (Å²) in [6, 6.07) is 6.40. The van der Waals surface area contributed by atoms with E-state index in [2.05, 4.69) is 40.8 Å². The van der Waals surface area contributed by atoms with E-state index in [-0.39, 0.29) is 6.61 Å². The van der Waals surface area contributed by atoms with Crippen LogP contribution in [0.3, 0.4) is 0 Å². The van der Waals surface area contributed by atoms with Crippen LogP contribution in [0.2, 0.25) is 0 Å². The average molecular weight is 336 g/mol. The van der Waals surface area contributed by atoms with Gasteiger partial charge in [0, 0.05) is 9.60 Å². The number of rotatable bonds is 2. The van der Waals surface area contributed by atoms with Crippen molar-refractivity contribution >= 4 is 55.8 Å². The Morgan fingerprint density at radius 2 is 2.21 bits per heavy atom. The Morgan fingerprint density at radius 1 is 1.43 bits per heavy atom. The molecule has 0 aliphatic carbocycles. The molecule has 0 fully saturated rings. The number of thiophene rings is 1. The lowest BCUT2D eigenvalue weighted by atomic mass is 10.2. The SMILES string of the molecule is CSc1cc2sc(I)cc2cc1CO. The summed E-state index contributed by atoms with van der Waals surface area (Å²) in [6.45, 7) is 0.124. The van der Waals surface area contributed by atoms with Crippen LogP contribution < -0.4 is 0 Å². The van der Waals surface area contributed by atoms with Gasteiger partial charge < -0.3 is 5.11 Å². The van der Waals surface area contributed by atoms with E-state index in [0.29, 0.717) is 0 Å². The van der Waals surface area contributed by atoms with Crippen LogP contribution in [0.15, 0.2) is 23.1 Å². The van der Waals surface area contributed by atoms with E-state index in [0.717, 1.165) is 5.56 Å². The van der Waals surface area contributed by atoms with Crippen LogP contribution in [0.1, 0.15) is 5.56 Å². The minimum atomic E-state index is 0.124. The van der Waals surface area contributed by atoms with Gasteiger partial charge in [0.05, 0.1) is 9.49 Å². The van der Waals surface area contributed by atoms with E-state index in [1.807, 2.05) is 6.26 Å². The molecule has 4 heteroatoms. The number of thioether (sulfide) groups is 1. The molecular formula is C10H9IOS2. The largest absolute Gasteiger partial charge is 0.392 e. The Balaban J connectivity index is 2.68. The van der Waals surface area contributed by atoms with E-state index in [4.69, 9.17) is 0 Å². The summed E-state index contributed by atoms with van der Waals surface area (Å²) < 4.78 is 2.59. The van der Waals surface area contributed by atoms with Gasteiger partial charge >= 0.3 is 0 Å². The Labute approximate surface area is 105 Å². The van der Waals surface area contributed by atoms with Gasteiger partial charge in [-0.3, -0.25) is 0 Å². The summed E-state index contributed by atoms with van der Waals surface area (Å²) in [5.74, 6) is 0. The number of aliphatic hydroxyl groups excluding tert-OH is 1. The summed E-state index contributed by atoms with van der Waals surface area (Å²) >= 11 is 5.81. The van der Waals surface area contributed by atoms with Crippen molar-refractivity contribution in [3.8, 4) is 0 Å². The van der Waals surface area contributed by atoms with Gasteiger partial charge in [-0.15, -0.1) is 23.1 Å². The van der Waals surface area contributed by atoms with Gasteiger partial charge in [0.2, 0.25) is 0 Å². The third kappa shape index (κ3) is 1.93. The third-order valence-electron chi connectivity index (χ3n) is 2.06. The van der Waals surface area contributed by atoms with Crippen LogP contribution in [-0.2, 0) is 6.61 Å². The highest BCUT2D eigenvalue weighted by atomic mass is 127. The van der Waals surface area contributed by atoms with Crippen molar-refractivity contribution in [3.63, 3.8) is 0 Å². The molecule has 0 radical (unpaired) electrons. The number of hydrogen-bond acceptors (Lipinski definition) is 3. The molecule has 1 nitrogen and oxygen atoms in total. The van der Waals surface area contributed by atoms with Gasteiger partial charge in [0.15, 0.2) is 0 Å². The molecule has 0 amide bonds. The van der Waals surface area contributed by atoms with Crippen molar-refractivity contribution in [1.82, 2.24) is 0 Å². The second-order valence-electron chi connectivity index (χ2n) is 2.91. The number of halogens is 1. The van der Waals surface area contributed by atoms with Crippen LogP contribution in [0.5, 0.6) is 0 Å². The number of benzene rings is 1. The fourth-order valence-corrected chi connectivity index (χ4v) is 3.95. The molecule has 2 rings (SSSR count). The molecular weight excluding hydrogens is 327 g/mol. The van der Waals surface area contributed by atoms with Gasteiger partial charge in [0.1, 0.15) is 0 Å². The fourth-order valence-electron chi connectivity index (χ4n) is 1.40. The van der Waals surface area contributed by atoms with Crippen LogP contribution in [-0.4, -0.2) is 11.4 Å². The lowest BCUT2D eigenvalue weighted by molar-refractivity contribution is 0.279. The highest BCUT2D eigenvalue weighted by molar-refractivity contribution is 14.1. The Kier molecular flexibility index (Phi) is 3.36. The maximum atomic E-state index is 9.20. The van der Waals surface area contributed by atoms with Crippen LogP contribution in [0.25, 0.3) is 10.1 Å². The molecule has 0 aliphatic heterocycles. The molecule has 0 aliphatic rings. The molecule has 74 valence electrons. The number of hydrogen-bond donors (Lipinski definition) is 1. The molecule has 0 atom stereocenters. The topological polar surface area (TPSA) is 20.2 Å². The van der Waals surface area contributed by atoms with Crippen molar-refractivity contribution < 1.29 is 5.11 Å². The number of aliphatic hydroxyl groups is 1. The van der Waals surface area contributed by atoms with E-state index >= 15 is 0 Å². The molecule has 0 saturated carbocycles. The Bertz CT molecular complexity index is 423. The first-order valence-corrected chi connectivity index (χ1v) is 7.23. The van der Waals surface area contributed by atoms with Gasteiger partial charge in [-0.2, -0.15) is 0 Å². The van der Waals surface area contributed by atoms with Crippen LogP contribution >= 0.6 is 45.7 Å². The maximum absolute atomic E-state index is 9.20. The molecule has 0 spiro atoms. The lowest BCUT2D eigenvalue weighted by Crippen LogP contribution is -1.85. The quantitative estimate of drug-likeness (QED) is 0.666. The minimum Gasteiger partial charge on any atom is -0.392 e. The van der Waals surface area contributed by atoms with Crippen molar-refractivity contribution in [2.45, 2.75) is 11.5 Å². The molecule has 1 aromatic carbocycles. The standard InChI is InChI=1S/C10H9IOS2/c1-13-8-4-9-6(2-7(8)5-12)3-10(11)14-9/h2-4,12H,5H2,1H3. The monoisotopic (exact) mass is 336 g/mol. The van der Waals surface area contributed by atoms with Crippen molar-refractivity contribution in [2.75, 3.05) is 6.26 Å². The van der Waals surface area contributed by atoms with Gasteiger partial charge in [0.25, 0.3) is 0 Å². The third-order valence-corrected chi connectivity index (χ3v) is 4.74. The highest BCUT2D eigenvalue weighted by Crippen LogP contribution is 2.32. The zero-order valence-corrected chi connectivity index (χ0v) is 11.4. The first kappa shape index (κ1) is 10.7. The smallest absolute Gasteiger partial charge is 0.0692 e. The Hall–Kier alpha value is 0.220. The van der Waals surface area contributed by atoms with E-state index in [9.17, 15) is 5.11 Å². The van der Waals surface area contributed by atoms with Gasteiger partial charge in [-0.1, -0.05) is 0 Å². The molecule has 0 bridgehead atoms. The van der Waals surface area contributed by atoms with E-state index < -0.39 is 0 Å². The zero-order valence-electron chi connectivity index (χ0n) is 7.58. The van der Waals surface area contributed by atoms with E-state index in [1.165, 1.54) is 17.9 Å².